The van der Waals surface area contributed by atoms with Crippen LogP contribution >= 0.6 is 0 Å². The maximum atomic E-state index is 13.3. The average Bonchev–Trinajstić information content (AvgIpc) is 3.41. The number of nitrogens with one attached hydrogen (secondary N) is 1. The summed E-state index contributed by atoms with van der Waals surface area (Å²) in [5.41, 5.74) is 0.0528. The molecule has 1 unspecified atom stereocenters. The largest absolute Gasteiger partial charge is 0.326 e. The van der Waals surface area contributed by atoms with Crippen molar-refractivity contribution in [2.24, 2.45) is 5.92 Å². The van der Waals surface area contributed by atoms with Crippen LogP contribution in [0.5, 0.6) is 0 Å². The van der Waals surface area contributed by atoms with Crippen LogP contribution in [0, 0.1) is 5.92 Å². The van der Waals surface area contributed by atoms with E-state index in [4.69, 9.17) is 0 Å². The lowest BCUT2D eigenvalue weighted by molar-refractivity contribution is -0.134. The van der Waals surface area contributed by atoms with Crippen molar-refractivity contribution in [3.63, 3.8) is 0 Å². The molecule has 1 aliphatic carbocycles. The molecule has 6 nitrogen and oxygen atoms in total. The van der Waals surface area contributed by atoms with E-state index in [2.05, 4.69) is 22.2 Å². The number of benzene rings is 1. The highest BCUT2D eigenvalue weighted by atomic mass is 16.2. The zero-order valence-corrected chi connectivity index (χ0v) is 14.1. The van der Waals surface area contributed by atoms with Crippen molar-refractivity contribution in [3.8, 4) is 0 Å². The minimum Gasteiger partial charge on any atom is -0.319 e. The molecule has 2 saturated heterocycles. The number of piperazine rings is 1. The minimum absolute atomic E-state index is 0.0832. The number of hydrogen-bond donors (Lipinski definition) is 1. The zero-order valence-electron chi connectivity index (χ0n) is 14.1. The van der Waals surface area contributed by atoms with Gasteiger partial charge in [0.25, 0.3) is 5.91 Å². The van der Waals surface area contributed by atoms with E-state index in [1.807, 2.05) is 30.3 Å². The van der Waals surface area contributed by atoms with Crippen LogP contribution in [0.2, 0.25) is 0 Å². The van der Waals surface area contributed by atoms with Crippen molar-refractivity contribution in [1.29, 1.82) is 0 Å². The summed E-state index contributed by atoms with van der Waals surface area (Å²) in [6.45, 7) is 4.09. The maximum absolute atomic E-state index is 13.3. The van der Waals surface area contributed by atoms with Gasteiger partial charge in [-0.05, 0) is 31.4 Å². The van der Waals surface area contributed by atoms with E-state index in [1.54, 1.807) is 0 Å². The van der Waals surface area contributed by atoms with Crippen LogP contribution in [-0.2, 0) is 10.3 Å². The predicted octanol–water partition coefficient (Wildman–Crippen LogP) is 1.05. The summed E-state index contributed by atoms with van der Waals surface area (Å²) in [6, 6.07) is 9.46. The lowest BCUT2D eigenvalue weighted by atomic mass is 9.85. The molecule has 1 aromatic rings. The summed E-state index contributed by atoms with van der Waals surface area (Å²) in [6.07, 6.45) is 1.98. The molecule has 4 rings (SSSR count). The van der Waals surface area contributed by atoms with Gasteiger partial charge in [-0.1, -0.05) is 30.3 Å². The number of carbonyl (C=O) groups excluding carboxylic acids is 2. The van der Waals surface area contributed by atoms with Crippen LogP contribution in [0.15, 0.2) is 30.3 Å². The second kappa shape index (κ2) is 5.86. The third kappa shape index (κ3) is 2.50. The van der Waals surface area contributed by atoms with Gasteiger partial charge >= 0.3 is 6.03 Å². The molecule has 1 atom stereocenters. The van der Waals surface area contributed by atoms with Gasteiger partial charge in [0.05, 0.1) is 6.67 Å². The molecule has 128 valence electrons. The Morgan fingerprint density at radius 3 is 2.38 bits per heavy atom. The Labute approximate surface area is 142 Å². The lowest BCUT2D eigenvalue weighted by Gasteiger charge is -2.34. The topological polar surface area (TPSA) is 55.9 Å². The molecule has 0 aromatic heterocycles. The minimum atomic E-state index is -0.856. The summed E-state index contributed by atoms with van der Waals surface area (Å²) in [4.78, 5) is 31.7. The first kappa shape index (κ1) is 15.6. The number of rotatable bonds is 4. The van der Waals surface area contributed by atoms with Crippen molar-refractivity contribution in [2.45, 2.75) is 18.4 Å². The highest BCUT2D eigenvalue weighted by Crippen LogP contribution is 2.48. The first-order chi connectivity index (χ1) is 11.6. The van der Waals surface area contributed by atoms with Gasteiger partial charge in [-0.3, -0.25) is 9.69 Å². The fourth-order valence-electron chi connectivity index (χ4n) is 3.84. The average molecular weight is 328 g/mol. The van der Waals surface area contributed by atoms with Gasteiger partial charge in [-0.25, -0.2) is 9.69 Å². The van der Waals surface area contributed by atoms with Crippen molar-refractivity contribution >= 4 is 11.9 Å². The molecule has 6 heteroatoms. The van der Waals surface area contributed by atoms with Crippen LogP contribution < -0.4 is 5.32 Å². The second-order valence-corrected chi connectivity index (χ2v) is 7.17. The second-order valence-electron chi connectivity index (χ2n) is 7.17. The van der Waals surface area contributed by atoms with Crippen LogP contribution in [0.25, 0.3) is 0 Å². The molecule has 0 bridgehead atoms. The molecule has 0 radical (unpaired) electrons. The standard InChI is InChI=1S/C18H24N4O2/c1-20-9-11-21(12-10-20)13-22-16(23)18(15-7-8-15,19-17(22)24)14-5-3-2-4-6-14/h2-6,15H,7-13H2,1H3,(H,19,24). The highest BCUT2D eigenvalue weighted by Gasteiger charge is 2.60. The monoisotopic (exact) mass is 328 g/mol. The van der Waals surface area contributed by atoms with Crippen molar-refractivity contribution in [2.75, 3.05) is 39.9 Å². The van der Waals surface area contributed by atoms with E-state index in [0.29, 0.717) is 6.67 Å². The normalized spacial score (nSPS) is 29.1. The molecule has 2 aliphatic heterocycles. The Morgan fingerprint density at radius 1 is 1.08 bits per heavy atom. The third-order valence-corrected chi connectivity index (χ3v) is 5.49. The fraction of sp³-hybridized carbons (Fsp3) is 0.556. The molecule has 1 saturated carbocycles. The van der Waals surface area contributed by atoms with E-state index in [9.17, 15) is 9.59 Å². The highest BCUT2D eigenvalue weighted by molar-refractivity contribution is 6.07. The van der Waals surface area contributed by atoms with Crippen molar-refractivity contribution < 1.29 is 9.59 Å². The van der Waals surface area contributed by atoms with Gasteiger partial charge in [0.1, 0.15) is 5.54 Å². The van der Waals surface area contributed by atoms with E-state index in [1.165, 1.54) is 4.90 Å². The van der Waals surface area contributed by atoms with Crippen LogP contribution in [0.4, 0.5) is 4.79 Å². The molecule has 24 heavy (non-hydrogen) atoms. The zero-order chi connectivity index (χ0) is 16.7. The lowest BCUT2D eigenvalue weighted by Crippen LogP contribution is -2.51. The van der Waals surface area contributed by atoms with Gasteiger partial charge in [-0.15, -0.1) is 0 Å². The molecule has 3 amide bonds. The number of carbonyl (C=O) groups is 2. The first-order valence-electron chi connectivity index (χ1n) is 8.72. The molecule has 1 aromatic carbocycles. The molecule has 3 fully saturated rings. The molecule has 0 spiro atoms. The Balaban J connectivity index is 1.58. The number of hydrogen-bond acceptors (Lipinski definition) is 4. The third-order valence-electron chi connectivity index (χ3n) is 5.49. The van der Waals surface area contributed by atoms with E-state index in [0.717, 1.165) is 44.6 Å². The van der Waals surface area contributed by atoms with Gasteiger partial charge in [-0.2, -0.15) is 0 Å². The first-order valence-corrected chi connectivity index (χ1v) is 8.72. The summed E-state index contributed by atoms with van der Waals surface area (Å²) in [5, 5.41) is 3.04. The van der Waals surface area contributed by atoms with Crippen LogP contribution in [0.3, 0.4) is 0 Å². The van der Waals surface area contributed by atoms with Gasteiger partial charge in [0, 0.05) is 26.2 Å². The number of imide groups is 1. The summed E-state index contributed by atoms with van der Waals surface area (Å²) < 4.78 is 0. The molecular weight excluding hydrogens is 304 g/mol. The number of amides is 3. The number of nitrogens with zero attached hydrogens (tertiary/aromatic N) is 3. The quantitative estimate of drug-likeness (QED) is 0.840. The summed E-state index contributed by atoms with van der Waals surface area (Å²) in [7, 11) is 2.10. The number of urea groups is 1. The van der Waals surface area contributed by atoms with Gasteiger partial charge in [0.15, 0.2) is 0 Å². The molecular formula is C18H24N4O2. The summed E-state index contributed by atoms with van der Waals surface area (Å²) >= 11 is 0. The Bertz CT molecular complexity index is 638. The SMILES string of the molecule is CN1CCN(CN2C(=O)NC(c3ccccc3)(C3CC3)C2=O)CC1. The van der Waals surface area contributed by atoms with Crippen molar-refractivity contribution in [3.05, 3.63) is 35.9 Å². The Kier molecular flexibility index (Phi) is 3.81. The predicted molar refractivity (Wildman–Crippen MR) is 90.2 cm³/mol. The molecule has 2 heterocycles. The molecule has 3 aliphatic rings. The molecule has 1 N–H and O–H groups in total. The van der Waals surface area contributed by atoms with E-state index in [-0.39, 0.29) is 17.9 Å². The van der Waals surface area contributed by atoms with E-state index < -0.39 is 5.54 Å². The van der Waals surface area contributed by atoms with Gasteiger partial charge < -0.3 is 10.2 Å². The number of likely N-dealkylation sites (N-methyl/N-ethyl adjacent to an activating group) is 1. The maximum Gasteiger partial charge on any atom is 0.326 e. The van der Waals surface area contributed by atoms with Gasteiger partial charge in [0.2, 0.25) is 0 Å². The Morgan fingerprint density at radius 2 is 1.75 bits per heavy atom. The smallest absolute Gasteiger partial charge is 0.319 e. The fourth-order valence-corrected chi connectivity index (χ4v) is 3.84. The summed E-state index contributed by atoms with van der Waals surface area (Å²) in [5.74, 6) is 0.133. The Hall–Kier alpha value is -1.92. The van der Waals surface area contributed by atoms with Crippen LogP contribution in [0.1, 0.15) is 18.4 Å². The van der Waals surface area contributed by atoms with Crippen molar-refractivity contribution in [1.82, 2.24) is 20.0 Å². The van der Waals surface area contributed by atoms with E-state index >= 15 is 0 Å². The van der Waals surface area contributed by atoms with Crippen LogP contribution in [-0.4, -0.2) is 66.5 Å².